The van der Waals surface area contributed by atoms with E-state index in [2.05, 4.69) is 14.7 Å². The molecule has 1 fully saturated rings. The molecule has 0 bridgehead atoms. The van der Waals surface area contributed by atoms with Crippen molar-refractivity contribution in [3.05, 3.63) is 12.5 Å². The van der Waals surface area contributed by atoms with Gasteiger partial charge in [-0.1, -0.05) is 0 Å². The lowest BCUT2D eigenvalue weighted by Crippen LogP contribution is -2.40. The number of sulfonamides is 1. The van der Waals surface area contributed by atoms with Crippen LogP contribution in [0.3, 0.4) is 0 Å². The number of aromatic nitrogens is 2. The van der Waals surface area contributed by atoms with Gasteiger partial charge in [0.15, 0.2) is 5.03 Å². The Bertz CT molecular complexity index is 505. The second-order valence-electron chi connectivity index (χ2n) is 4.63. The van der Waals surface area contributed by atoms with Crippen molar-refractivity contribution in [3.63, 3.8) is 0 Å². The van der Waals surface area contributed by atoms with Gasteiger partial charge in [-0.25, -0.2) is 18.1 Å². The number of H-pyrrole nitrogens is 1. The number of imidazole rings is 1. The Labute approximate surface area is 108 Å². The average molecular weight is 297 g/mol. The molecule has 0 radical (unpaired) electrons. The molecule has 0 aliphatic heterocycles. The summed E-state index contributed by atoms with van der Waals surface area (Å²) in [5.74, 6) is -1.32. The first-order valence-corrected chi connectivity index (χ1v) is 7.35. The molecule has 0 aromatic carbocycles. The highest BCUT2D eigenvalue weighted by atomic mass is 32.2. The molecule has 0 unspecified atom stereocenters. The van der Waals surface area contributed by atoms with Crippen molar-refractivity contribution in [2.45, 2.75) is 42.9 Å². The molecule has 19 heavy (non-hydrogen) atoms. The third-order valence-electron chi connectivity index (χ3n) is 3.27. The Kier molecular flexibility index (Phi) is 3.86. The van der Waals surface area contributed by atoms with E-state index in [1.165, 1.54) is 6.33 Å². The van der Waals surface area contributed by atoms with E-state index < -0.39 is 28.2 Å². The first-order valence-electron chi connectivity index (χ1n) is 5.86. The fourth-order valence-corrected chi connectivity index (χ4v) is 3.42. The van der Waals surface area contributed by atoms with E-state index in [1.54, 1.807) is 0 Å². The van der Waals surface area contributed by atoms with Gasteiger partial charge in [0, 0.05) is 6.04 Å². The minimum atomic E-state index is -4.19. The standard InChI is InChI=1S/C10H14F3N3O2S/c11-10(12,13)7-1-3-8(4-2-7)16-19(17,18)9-5-14-6-15-9/h5-8,16H,1-4H2,(H,14,15). The van der Waals surface area contributed by atoms with Crippen molar-refractivity contribution in [1.82, 2.24) is 14.7 Å². The van der Waals surface area contributed by atoms with Crippen molar-refractivity contribution in [2.75, 3.05) is 0 Å². The van der Waals surface area contributed by atoms with Crippen LogP contribution < -0.4 is 4.72 Å². The third-order valence-corrected chi connectivity index (χ3v) is 4.72. The third kappa shape index (κ3) is 3.47. The van der Waals surface area contributed by atoms with Crippen LogP contribution >= 0.6 is 0 Å². The predicted octanol–water partition coefficient (Wildman–Crippen LogP) is 1.81. The fourth-order valence-electron chi connectivity index (χ4n) is 2.21. The van der Waals surface area contributed by atoms with Gasteiger partial charge in [0.2, 0.25) is 0 Å². The second-order valence-corrected chi connectivity index (χ2v) is 6.31. The Morgan fingerprint density at radius 1 is 1.26 bits per heavy atom. The van der Waals surface area contributed by atoms with E-state index in [9.17, 15) is 21.6 Å². The van der Waals surface area contributed by atoms with Crippen molar-refractivity contribution >= 4 is 10.0 Å². The normalized spacial score (nSPS) is 25.4. The lowest BCUT2D eigenvalue weighted by molar-refractivity contribution is -0.182. The minimum absolute atomic E-state index is 0.0420. The number of hydrogen-bond donors (Lipinski definition) is 2. The summed E-state index contributed by atoms with van der Waals surface area (Å²) < 4.78 is 63.5. The summed E-state index contributed by atoms with van der Waals surface area (Å²) in [7, 11) is -3.72. The van der Waals surface area contributed by atoms with Gasteiger partial charge in [-0.05, 0) is 25.7 Å². The first-order chi connectivity index (χ1) is 8.79. The van der Waals surface area contributed by atoms with E-state index in [-0.39, 0.29) is 30.7 Å². The van der Waals surface area contributed by atoms with Crippen LogP contribution in [0, 0.1) is 5.92 Å². The van der Waals surface area contributed by atoms with Crippen LogP contribution in [0.2, 0.25) is 0 Å². The molecule has 1 aliphatic rings. The van der Waals surface area contributed by atoms with Crippen molar-refractivity contribution < 1.29 is 21.6 Å². The number of hydrogen-bond acceptors (Lipinski definition) is 3. The lowest BCUT2D eigenvalue weighted by Gasteiger charge is -2.29. The predicted molar refractivity (Wildman–Crippen MR) is 60.7 cm³/mol. The minimum Gasteiger partial charge on any atom is -0.335 e. The van der Waals surface area contributed by atoms with Gasteiger partial charge in [-0.15, -0.1) is 0 Å². The highest BCUT2D eigenvalue weighted by Gasteiger charge is 2.41. The number of alkyl halides is 3. The number of nitrogens with zero attached hydrogens (tertiary/aromatic N) is 1. The van der Waals surface area contributed by atoms with E-state index >= 15 is 0 Å². The van der Waals surface area contributed by atoms with Crippen molar-refractivity contribution in [3.8, 4) is 0 Å². The molecule has 1 aromatic heterocycles. The van der Waals surface area contributed by atoms with Gasteiger partial charge >= 0.3 is 6.18 Å². The van der Waals surface area contributed by atoms with Gasteiger partial charge < -0.3 is 4.98 Å². The maximum atomic E-state index is 12.5. The summed E-state index contributed by atoms with van der Waals surface area (Å²) in [6, 6.07) is -0.452. The summed E-state index contributed by atoms with van der Waals surface area (Å²) in [5, 5.41) is -0.0783. The zero-order chi connectivity index (χ0) is 14.1. The van der Waals surface area contributed by atoms with E-state index in [0.717, 1.165) is 6.20 Å². The quantitative estimate of drug-likeness (QED) is 0.893. The zero-order valence-corrected chi connectivity index (χ0v) is 10.8. The number of aromatic amines is 1. The second kappa shape index (κ2) is 5.12. The maximum absolute atomic E-state index is 12.5. The Morgan fingerprint density at radius 2 is 1.89 bits per heavy atom. The average Bonchev–Trinajstić information content (AvgIpc) is 2.82. The molecule has 1 heterocycles. The van der Waals surface area contributed by atoms with Crippen LogP contribution in [0.5, 0.6) is 0 Å². The van der Waals surface area contributed by atoms with Crippen LogP contribution in [0.4, 0.5) is 13.2 Å². The summed E-state index contributed by atoms with van der Waals surface area (Å²) in [6.45, 7) is 0. The highest BCUT2D eigenvalue weighted by molar-refractivity contribution is 7.89. The van der Waals surface area contributed by atoms with Crippen molar-refractivity contribution in [1.29, 1.82) is 0 Å². The molecule has 0 atom stereocenters. The number of rotatable bonds is 3. The van der Waals surface area contributed by atoms with Crippen LogP contribution in [-0.2, 0) is 10.0 Å². The number of nitrogens with one attached hydrogen (secondary N) is 2. The smallest absolute Gasteiger partial charge is 0.335 e. The Balaban J connectivity index is 1.93. The SMILES string of the molecule is O=S(=O)(NC1CCC(C(F)(F)F)CC1)c1cnc[nH]1. The fraction of sp³-hybridized carbons (Fsp3) is 0.700. The summed E-state index contributed by atoms with van der Waals surface area (Å²) in [4.78, 5) is 6.06. The number of halogens is 3. The van der Waals surface area contributed by atoms with Gasteiger partial charge in [-0.3, -0.25) is 0 Å². The zero-order valence-electron chi connectivity index (χ0n) is 9.94. The van der Waals surface area contributed by atoms with Gasteiger partial charge in [0.25, 0.3) is 10.0 Å². The van der Waals surface area contributed by atoms with E-state index in [1.807, 2.05) is 0 Å². The molecule has 2 N–H and O–H groups in total. The van der Waals surface area contributed by atoms with Crippen LogP contribution in [0.25, 0.3) is 0 Å². The molecule has 108 valence electrons. The first kappa shape index (κ1) is 14.3. The van der Waals surface area contributed by atoms with Gasteiger partial charge in [0.1, 0.15) is 0 Å². The highest BCUT2D eigenvalue weighted by Crippen LogP contribution is 2.37. The topological polar surface area (TPSA) is 74.8 Å². The van der Waals surface area contributed by atoms with Crippen LogP contribution in [0.1, 0.15) is 25.7 Å². The van der Waals surface area contributed by atoms with Gasteiger partial charge in [-0.2, -0.15) is 13.2 Å². The molecule has 0 amide bonds. The Hall–Kier alpha value is -1.09. The lowest BCUT2D eigenvalue weighted by atomic mass is 9.86. The molecule has 9 heteroatoms. The largest absolute Gasteiger partial charge is 0.391 e. The van der Waals surface area contributed by atoms with E-state index in [0.29, 0.717) is 0 Å². The van der Waals surface area contributed by atoms with Crippen LogP contribution in [-0.4, -0.2) is 30.6 Å². The summed E-state index contributed by atoms with van der Waals surface area (Å²) in [6.07, 6.45) is -1.50. The Morgan fingerprint density at radius 3 is 2.37 bits per heavy atom. The van der Waals surface area contributed by atoms with Crippen LogP contribution in [0.15, 0.2) is 17.6 Å². The molecule has 1 aliphatic carbocycles. The molecule has 0 spiro atoms. The van der Waals surface area contributed by atoms with Crippen molar-refractivity contribution in [2.24, 2.45) is 5.92 Å². The summed E-state index contributed by atoms with van der Waals surface area (Å²) >= 11 is 0. The molecular formula is C10H14F3N3O2S. The molecular weight excluding hydrogens is 283 g/mol. The van der Waals surface area contributed by atoms with Gasteiger partial charge in [0.05, 0.1) is 18.4 Å². The molecule has 5 nitrogen and oxygen atoms in total. The molecule has 2 rings (SSSR count). The maximum Gasteiger partial charge on any atom is 0.391 e. The monoisotopic (exact) mass is 297 g/mol. The molecule has 0 saturated heterocycles. The molecule has 1 aromatic rings. The molecule has 1 saturated carbocycles. The van der Waals surface area contributed by atoms with E-state index in [4.69, 9.17) is 0 Å². The summed E-state index contributed by atoms with van der Waals surface area (Å²) in [5.41, 5.74) is 0.